The molecule has 2 aromatic carbocycles. The second kappa shape index (κ2) is 9.62. The number of amides is 1. The lowest BCUT2D eigenvalue weighted by Gasteiger charge is -2.29. The maximum atomic E-state index is 13.2. The van der Waals surface area contributed by atoms with E-state index >= 15 is 0 Å². The normalized spacial score (nSPS) is 15.3. The van der Waals surface area contributed by atoms with Crippen LogP contribution in [0.3, 0.4) is 0 Å². The molecule has 0 N–H and O–H groups in total. The number of hydrogen-bond acceptors (Lipinski definition) is 7. The number of morpholine rings is 1. The molecule has 1 saturated heterocycles. The van der Waals surface area contributed by atoms with E-state index in [0.717, 1.165) is 23.3 Å². The van der Waals surface area contributed by atoms with Crippen LogP contribution in [0.25, 0.3) is 10.2 Å². The van der Waals surface area contributed by atoms with Gasteiger partial charge in [0.15, 0.2) is 15.0 Å². The molecule has 1 fully saturated rings. The van der Waals surface area contributed by atoms with Crippen LogP contribution in [0, 0.1) is 0 Å². The Bertz CT molecular complexity index is 1160. The number of fused-ring (bicyclic) bond motifs is 1. The third-order valence-electron chi connectivity index (χ3n) is 5.03. The van der Waals surface area contributed by atoms with Crippen LogP contribution in [0.5, 0.6) is 0 Å². The molecule has 0 radical (unpaired) electrons. The van der Waals surface area contributed by atoms with E-state index in [1.54, 1.807) is 36.4 Å². The van der Waals surface area contributed by atoms with Crippen molar-refractivity contribution in [3.05, 3.63) is 53.6 Å². The van der Waals surface area contributed by atoms with Gasteiger partial charge in [-0.15, -0.1) is 0 Å². The van der Waals surface area contributed by atoms with Crippen LogP contribution in [0.4, 0.5) is 5.13 Å². The number of sulfone groups is 1. The summed E-state index contributed by atoms with van der Waals surface area (Å²) >= 11 is 7.42. The van der Waals surface area contributed by atoms with Gasteiger partial charge >= 0.3 is 0 Å². The van der Waals surface area contributed by atoms with E-state index in [9.17, 15) is 13.2 Å². The Kier molecular flexibility index (Phi) is 6.88. The molecule has 10 heteroatoms. The van der Waals surface area contributed by atoms with Gasteiger partial charge in [-0.05, 0) is 30.3 Å². The summed E-state index contributed by atoms with van der Waals surface area (Å²) in [5.41, 5.74) is 0.722. The lowest BCUT2D eigenvalue weighted by Crippen LogP contribution is -2.44. The molecule has 3 aromatic rings. The van der Waals surface area contributed by atoms with Gasteiger partial charge in [0, 0.05) is 31.2 Å². The monoisotopic (exact) mass is 479 g/mol. The quantitative estimate of drug-likeness (QED) is 0.518. The summed E-state index contributed by atoms with van der Waals surface area (Å²) in [4.78, 5) is 21.6. The first-order valence-corrected chi connectivity index (χ1v) is 12.7. The van der Waals surface area contributed by atoms with Crippen molar-refractivity contribution in [2.75, 3.05) is 50.0 Å². The molecule has 1 amide bonds. The van der Waals surface area contributed by atoms with Crippen molar-refractivity contribution in [1.82, 2.24) is 9.88 Å². The second-order valence-electron chi connectivity index (χ2n) is 7.18. The molecule has 1 aliphatic heterocycles. The molecule has 2 heterocycles. The molecular formula is C21H22ClN3O4S2. The van der Waals surface area contributed by atoms with Gasteiger partial charge in [0.1, 0.15) is 5.75 Å². The Labute approximate surface area is 190 Å². The largest absolute Gasteiger partial charge is 0.379 e. The Morgan fingerprint density at radius 1 is 1.16 bits per heavy atom. The number of aromatic nitrogens is 1. The third-order valence-corrected chi connectivity index (χ3v) is 7.92. The first-order valence-electron chi connectivity index (χ1n) is 9.87. The van der Waals surface area contributed by atoms with Crippen LogP contribution in [0.2, 0.25) is 5.02 Å². The van der Waals surface area contributed by atoms with Crippen LogP contribution in [-0.2, 0) is 19.4 Å². The van der Waals surface area contributed by atoms with E-state index in [-0.39, 0.29) is 4.90 Å². The Hall–Kier alpha value is -2.04. The first-order chi connectivity index (χ1) is 14.9. The Morgan fingerprint density at radius 3 is 2.65 bits per heavy atom. The summed E-state index contributed by atoms with van der Waals surface area (Å²) in [6.07, 6.45) is 0. The molecule has 1 aromatic heterocycles. The van der Waals surface area contributed by atoms with Crippen LogP contribution in [-0.4, -0.2) is 69.4 Å². The van der Waals surface area contributed by atoms with Gasteiger partial charge in [-0.2, -0.15) is 0 Å². The number of nitrogens with zero attached hydrogens (tertiary/aromatic N) is 3. The number of benzene rings is 2. The van der Waals surface area contributed by atoms with Crippen molar-refractivity contribution in [3.8, 4) is 0 Å². The second-order valence-corrected chi connectivity index (χ2v) is 10.6. The number of thiazole rings is 1. The van der Waals surface area contributed by atoms with E-state index in [4.69, 9.17) is 16.3 Å². The minimum Gasteiger partial charge on any atom is -0.379 e. The fourth-order valence-corrected chi connectivity index (χ4v) is 5.85. The smallest absolute Gasteiger partial charge is 0.244 e. The highest BCUT2D eigenvalue weighted by Crippen LogP contribution is 2.31. The Morgan fingerprint density at radius 2 is 1.90 bits per heavy atom. The van der Waals surface area contributed by atoms with Crippen LogP contribution >= 0.6 is 22.9 Å². The number of rotatable bonds is 7. The molecule has 0 atom stereocenters. The summed E-state index contributed by atoms with van der Waals surface area (Å²) in [7, 11) is -3.76. The molecule has 7 nitrogen and oxygen atoms in total. The van der Waals surface area contributed by atoms with Gasteiger partial charge in [-0.25, -0.2) is 13.4 Å². The fraction of sp³-hybridized carbons (Fsp3) is 0.333. The van der Waals surface area contributed by atoms with E-state index in [0.29, 0.717) is 36.5 Å². The van der Waals surface area contributed by atoms with E-state index < -0.39 is 21.5 Å². The highest BCUT2D eigenvalue weighted by Gasteiger charge is 2.27. The SMILES string of the molecule is O=C(CS(=O)(=O)c1ccccc1)N(CCN1CCOCC1)c1nc2ccc(Cl)cc2s1. The van der Waals surface area contributed by atoms with Crippen LogP contribution < -0.4 is 4.90 Å². The molecule has 0 saturated carbocycles. The van der Waals surface area contributed by atoms with Crippen molar-refractivity contribution < 1.29 is 17.9 Å². The zero-order valence-electron chi connectivity index (χ0n) is 16.7. The molecule has 31 heavy (non-hydrogen) atoms. The van der Waals surface area contributed by atoms with Crippen molar-refractivity contribution in [2.24, 2.45) is 0 Å². The highest BCUT2D eigenvalue weighted by molar-refractivity contribution is 7.92. The molecular weight excluding hydrogens is 458 g/mol. The molecule has 0 unspecified atom stereocenters. The predicted molar refractivity (Wildman–Crippen MR) is 123 cm³/mol. The van der Waals surface area contributed by atoms with Crippen molar-refractivity contribution >= 4 is 54.0 Å². The van der Waals surface area contributed by atoms with Crippen molar-refractivity contribution in [2.45, 2.75) is 4.90 Å². The zero-order chi connectivity index (χ0) is 21.8. The lowest BCUT2D eigenvalue weighted by molar-refractivity contribution is -0.116. The maximum absolute atomic E-state index is 13.2. The van der Waals surface area contributed by atoms with E-state index in [1.807, 2.05) is 0 Å². The number of ether oxygens (including phenoxy) is 1. The molecule has 164 valence electrons. The summed E-state index contributed by atoms with van der Waals surface area (Å²) in [5, 5.41) is 1.05. The van der Waals surface area contributed by atoms with E-state index in [1.165, 1.54) is 28.4 Å². The Balaban J connectivity index is 1.59. The molecule has 1 aliphatic rings. The van der Waals surface area contributed by atoms with Gasteiger partial charge in [-0.1, -0.05) is 41.1 Å². The van der Waals surface area contributed by atoms with Gasteiger partial charge in [0.05, 0.1) is 28.3 Å². The molecule has 0 bridgehead atoms. The third kappa shape index (κ3) is 5.42. The standard InChI is InChI=1S/C21H22ClN3O4S2/c22-16-6-7-18-19(14-16)30-21(23-18)25(9-8-24-10-12-29-13-11-24)20(26)15-31(27,28)17-4-2-1-3-5-17/h1-7,14H,8-13,15H2. The molecule has 0 aliphatic carbocycles. The van der Waals surface area contributed by atoms with Gasteiger partial charge in [0.25, 0.3) is 0 Å². The minimum absolute atomic E-state index is 0.132. The average molecular weight is 480 g/mol. The highest BCUT2D eigenvalue weighted by atomic mass is 35.5. The van der Waals surface area contributed by atoms with Gasteiger partial charge < -0.3 is 4.74 Å². The van der Waals surface area contributed by atoms with Gasteiger partial charge in [0.2, 0.25) is 5.91 Å². The minimum atomic E-state index is -3.76. The van der Waals surface area contributed by atoms with Crippen LogP contribution in [0.15, 0.2) is 53.4 Å². The van der Waals surface area contributed by atoms with Crippen molar-refractivity contribution in [1.29, 1.82) is 0 Å². The van der Waals surface area contributed by atoms with Crippen molar-refractivity contribution in [3.63, 3.8) is 0 Å². The summed E-state index contributed by atoms with van der Waals surface area (Å²) in [5.74, 6) is -1.11. The number of halogens is 1. The average Bonchev–Trinajstić information content (AvgIpc) is 3.17. The van der Waals surface area contributed by atoms with Gasteiger partial charge in [-0.3, -0.25) is 14.6 Å². The maximum Gasteiger partial charge on any atom is 0.244 e. The summed E-state index contributed by atoms with van der Waals surface area (Å²) in [6, 6.07) is 13.4. The van der Waals surface area contributed by atoms with E-state index in [2.05, 4.69) is 9.88 Å². The number of hydrogen-bond donors (Lipinski definition) is 0. The topological polar surface area (TPSA) is 79.8 Å². The van der Waals surface area contributed by atoms with Crippen LogP contribution in [0.1, 0.15) is 0 Å². The number of carbonyl (C=O) groups excluding carboxylic acids is 1. The molecule has 0 spiro atoms. The molecule has 4 rings (SSSR count). The lowest BCUT2D eigenvalue weighted by atomic mass is 10.3. The fourth-order valence-electron chi connectivity index (χ4n) is 3.35. The first kappa shape index (κ1) is 22.2. The predicted octanol–water partition coefficient (Wildman–Crippen LogP) is 3.09. The summed E-state index contributed by atoms with van der Waals surface area (Å²) < 4.78 is 31.8. The summed E-state index contributed by atoms with van der Waals surface area (Å²) in [6.45, 7) is 3.80. The zero-order valence-corrected chi connectivity index (χ0v) is 19.1. The number of anilines is 1. The number of carbonyl (C=O) groups is 1.